The Morgan fingerprint density at radius 3 is 2.32 bits per heavy atom. The first-order valence-corrected chi connectivity index (χ1v) is 6.46. The third kappa shape index (κ3) is 4.05. The zero-order valence-corrected chi connectivity index (χ0v) is 15.8. The van der Waals surface area contributed by atoms with Crippen LogP contribution in [0.25, 0.3) is 11.4 Å². The van der Waals surface area contributed by atoms with Crippen molar-refractivity contribution in [2.75, 3.05) is 14.2 Å². The van der Waals surface area contributed by atoms with Crippen molar-refractivity contribution in [1.29, 1.82) is 0 Å². The number of carbonyl (C=O) groups excluding carboxylic acids is 1. The SMILES string of the molecule is COc1cc(OC)nc(-c2cccc(Cl)c2C(=O)OS)n1.[H-].[Na+]. The molecule has 0 fully saturated rings. The van der Waals surface area contributed by atoms with Crippen molar-refractivity contribution in [1.82, 2.24) is 9.97 Å². The quantitative estimate of drug-likeness (QED) is 0.473. The normalized spacial score (nSPS) is 9.64. The Morgan fingerprint density at radius 1 is 1.23 bits per heavy atom. The van der Waals surface area contributed by atoms with Crippen LogP contribution in [0.2, 0.25) is 5.02 Å². The van der Waals surface area contributed by atoms with Crippen molar-refractivity contribution >= 4 is 30.5 Å². The van der Waals surface area contributed by atoms with E-state index in [-0.39, 0.29) is 47.4 Å². The molecule has 1 aromatic carbocycles. The molecular formula is C13H12ClN2NaO4S. The average molecular weight is 351 g/mol. The Morgan fingerprint density at radius 2 is 1.82 bits per heavy atom. The van der Waals surface area contributed by atoms with Gasteiger partial charge in [-0.05, 0) is 6.07 Å². The summed E-state index contributed by atoms with van der Waals surface area (Å²) in [5, 5.41) is 0.205. The van der Waals surface area contributed by atoms with Crippen LogP contribution in [-0.2, 0) is 4.18 Å². The molecule has 0 amide bonds. The van der Waals surface area contributed by atoms with Crippen LogP contribution in [0.15, 0.2) is 24.3 Å². The van der Waals surface area contributed by atoms with Gasteiger partial charge in [0, 0.05) is 18.5 Å². The minimum absolute atomic E-state index is 0. The number of hydrogen-bond donors (Lipinski definition) is 1. The number of benzene rings is 1. The maximum absolute atomic E-state index is 11.8. The number of aromatic nitrogens is 2. The van der Waals surface area contributed by atoms with E-state index in [9.17, 15) is 4.79 Å². The second-order valence-electron chi connectivity index (χ2n) is 3.82. The van der Waals surface area contributed by atoms with Gasteiger partial charge in [-0.15, -0.1) is 0 Å². The van der Waals surface area contributed by atoms with Crippen LogP contribution in [-0.4, -0.2) is 30.2 Å². The molecule has 1 heterocycles. The van der Waals surface area contributed by atoms with Crippen LogP contribution >= 0.6 is 24.5 Å². The monoisotopic (exact) mass is 350 g/mol. The third-order valence-corrected chi connectivity index (χ3v) is 3.12. The van der Waals surface area contributed by atoms with E-state index in [0.717, 1.165) is 0 Å². The van der Waals surface area contributed by atoms with Gasteiger partial charge in [-0.1, -0.05) is 23.7 Å². The number of hydrogen-bond acceptors (Lipinski definition) is 7. The van der Waals surface area contributed by atoms with Crippen molar-refractivity contribution in [3.8, 4) is 23.1 Å². The number of rotatable bonds is 4. The van der Waals surface area contributed by atoms with E-state index in [4.69, 9.17) is 21.1 Å². The molecule has 0 aliphatic rings. The van der Waals surface area contributed by atoms with Gasteiger partial charge in [0.15, 0.2) is 5.82 Å². The number of ether oxygens (including phenoxy) is 2. The van der Waals surface area contributed by atoms with Crippen LogP contribution in [0.4, 0.5) is 0 Å². The summed E-state index contributed by atoms with van der Waals surface area (Å²) in [6, 6.07) is 6.38. The molecule has 9 heteroatoms. The molecule has 0 saturated carbocycles. The van der Waals surface area contributed by atoms with Crippen molar-refractivity contribution < 1.29 is 49.4 Å². The first-order valence-electron chi connectivity index (χ1n) is 5.72. The number of methoxy groups -OCH3 is 2. The first kappa shape index (κ1) is 19.1. The zero-order valence-electron chi connectivity index (χ0n) is 13.2. The molecule has 1 aromatic heterocycles. The molecule has 2 aromatic rings. The molecule has 0 aliphatic carbocycles. The molecule has 0 aliphatic heterocycles. The maximum Gasteiger partial charge on any atom is 1.00 e. The Hall–Kier alpha value is -0.990. The van der Waals surface area contributed by atoms with Crippen LogP contribution < -0.4 is 39.0 Å². The molecule has 0 bridgehead atoms. The molecule has 0 radical (unpaired) electrons. The minimum atomic E-state index is -0.704. The van der Waals surface area contributed by atoms with Crippen molar-refractivity contribution in [2.24, 2.45) is 0 Å². The van der Waals surface area contributed by atoms with Gasteiger partial charge in [0.05, 0.1) is 30.9 Å². The summed E-state index contributed by atoms with van der Waals surface area (Å²) in [5.41, 5.74) is 0.503. The van der Waals surface area contributed by atoms with Gasteiger partial charge >= 0.3 is 35.5 Å². The van der Waals surface area contributed by atoms with E-state index in [1.54, 1.807) is 18.2 Å². The predicted molar refractivity (Wildman–Crippen MR) is 81.1 cm³/mol. The molecule has 0 unspecified atom stereocenters. The van der Waals surface area contributed by atoms with Gasteiger partial charge < -0.3 is 15.1 Å². The van der Waals surface area contributed by atoms with E-state index in [0.29, 0.717) is 17.3 Å². The molecule has 22 heavy (non-hydrogen) atoms. The summed E-state index contributed by atoms with van der Waals surface area (Å²) in [7, 11) is 2.93. The zero-order chi connectivity index (χ0) is 15.4. The van der Waals surface area contributed by atoms with Crippen LogP contribution in [0.3, 0.4) is 0 Å². The van der Waals surface area contributed by atoms with Gasteiger partial charge in [0.1, 0.15) is 0 Å². The van der Waals surface area contributed by atoms with Crippen LogP contribution in [0.5, 0.6) is 11.8 Å². The molecule has 0 saturated heterocycles. The fourth-order valence-electron chi connectivity index (χ4n) is 1.70. The van der Waals surface area contributed by atoms with Crippen LogP contribution in [0.1, 0.15) is 11.8 Å². The predicted octanol–water partition coefficient (Wildman–Crippen LogP) is -0.0677. The smallest absolute Gasteiger partial charge is 1.00 e. The largest absolute Gasteiger partial charge is 1.00 e. The van der Waals surface area contributed by atoms with Gasteiger partial charge in [-0.25, -0.2) is 4.79 Å². The van der Waals surface area contributed by atoms with Gasteiger partial charge in [-0.2, -0.15) is 9.97 Å². The topological polar surface area (TPSA) is 70.5 Å². The van der Waals surface area contributed by atoms with E-state index < -0.39 is 5.97 Å². The minimum Gasteiger partial charge on any atom is -1.00 e. The maximum atomic E-state index is 11.8. The average Bonchev–Trinajstić information content (AvgIpc) is 2.53. The van der Waals surface area contributed by atoms with Crippen molar-refractivity contribution in [3.63, 3.8) is 0 Å². The molecule has 0 atom stereocenters. The van der Waals surface area contributed by atoms with Gasteiger partial charge in [0.2, 0.25) is 11.8 Å². The Bertz CT molecular complexity index is 671. The second kappa shape index (κ2) is 8.59. The first-order chi connectivity index (χ1) is 10.1. The molecule has 0 N–H and O–H groups in total. The fraction of sp³-hybridized carbons (Fsp3) is 0.154. The molecule has 112 valence electrons. The molecule has 6 nitrogen and oxygen atoms in total. The van der Waals surface area contributed by atoms with Gasteiger partial charge in [0.25, 0.3) is 0 Å². The summed E-state index contributed by atoms with van der Waals surface area (Å²) in [5.74, 6) is 0.107. The Labute approximate surface area is 161 Å². The third-order valence-electron chi connectivity index (χ3n) is 2.64. The Balaban J connectivity index is 0.00000242. The van der Waals surface area contributed by atoms with Gasteiger partial charge in [-0.3, -0.25) is 0 Å². The standard InChI is InChI=1S/C13H11ClN2O4S.Na.H/c1-18-9-6-10(19-2)16-12(15-9)7-4-3-5-8(14)11(7)13(17)20-21;;/h3-6,21H,1-2H3;;/q;+1;-1. The van der Waals surface area contributed by atoms with Crippen LogP contribution in [0, 0.1) is 0 Å². The molecule has 2 rings (SSSR count). The number of carbonyl (C=O) groups is 1. The number of halogens is 1. The second-order valence-corrected chi connectivity index (χ2v) is 4.41. The fourth-order valence-corrected chi connectivity index (χ4v) is 2.04. The Kier molecular flexibility index (Phi) is 7.44. The molecular weight excluding hydrogens is 339 g/mol. The molecule has 0 spiro atoms. The summed E-state index contributed by atoms with van der Waals surface area (Å²) in [4.78, 5) is 20.2. The summed E-state index contributed by atoms with van der Waals surface area (Å²) in [6.45, 7) is 0. The van der Waals surface area contributed by atoms with E-state index in [1.807, 2.05) is 0 Å². The van der Waals surface area contributed by atoms with E-state index in [1.165, 1.54) is 20.3 Å². The number of nitrogens with zero attached hydrogens (tertiary/aromatic N) is 2. The summed E-state index contributed by atoms with van der Waals surface area (Å²) in [6.07, 6.45) is 0. The van der Waals surface area contributed by atoms with E-state index in [2.05, 4.69) is 27.1 Å². The summed E-state index contributed by atoms with van der Waals surface area (Å²) >= 11 is 9.56. The van der Waals surface area contributed by atoms with Crippen molar-refractivity contribution in [2.45, 2.75) is 0 Å². The van der Waals surface area contributed by atoms with Crippen molar-refractivity contribution in [3.05, 3.63) is 34.9 Å². The van der Waals surface area contributed by atoms with E-state index >= 15 is 0 Å². The number of thiol groups is 1. The summed E-state index contributed by atoms with van der Waals surface area (Å²) < 4.78 is 14.6.